The Morgan fingerprint density at radius 2 is 1.90 bits per heavy atom. The summed E-state index contributed by atoms with van der Waals surface area (Å²) in [7, 11) is 1.93. The highest BCUT2D eigenvalue weighted by Gasteiger charge is 2.10. The number of hydrogen-bond acceptors (Lipinski definition) is 3. The van der Waals surface area contributed by atoms with Crippen molar-refractivity contribution in [1.82, 2.24) is 9.78 Å². The molecule has 20 heavy (non-hydrogen) atoms. The van der Waals surface area contributed by atoms with Gasteiger partial charge in [-0.05, 0) is 37.4 Å². The second kappa shape index (κ2) is 6.09. The number of nitrogens with two attached hydrogens (primary N) is 1. The lowest BCUT2D eigenvalue weighted by Gasteiger charge is -2.10. The monoisotopic (exact) mass is 273 g/mol. The summed E-state index contributed by atoms with van der Waals surface area (Å²) in [6.45, 7) is 7.35. The van der Waals surface area contributed by atoms with Crippen molar-refractivity contribution in [2.45, 2.75) is 33.3 Å². The van der Waals surface area contributed by atoms with Gasteiger partial charge in [0, 0.05) is 7.05 Å². The molecule has 2 aromatic rings. The van der Waals surface area contributed by atoms with Crippen molar-refractivity contribution in [2.75, 3.05) is 6.54 Å². The third kappa shape index (κ3) is 3.02. The predicted molar refractivity (Wildman–Crippen MR) is 80.9 cm³/mol. The van der Waals surface area contributed by atoms with Gasteiger partial charge in [0.15, 0.2) is 5.75 Å². The first kappa shape index (κ1) is 14.6. The van der Waals surface area contributed by atoms with Gasteiger partial charge in [-0.1, -0.05) is 31.2 Å². The minimum absolute atomic E-state index is 0.396. The highest BCUT2D eigenvalue weighted by Crippen LogP contribution is 2.23. The van der Waals surface area contributed by atoms with Gasteiger partial charge < -0.3 is 10.5 Å². The first-order valence-corrected chi connectivity index (χ1v) is 6.94. The van der Waals surface area contributed by atoms with Crippen molar-refractivity contribution in [3.8, 4) is 5.75 Å². The Morgan fingerprint density at radius 1 is 1.25 bits per heavy atom. The number of ether oxygens (including phenoxy) is 1. The van der Waals surface area contributed by atoms with Gasteiger partial charge >= 0.3 is 0 Å². The van der Waals surface area contributed by atoms with Crippen LogP contribution < -0.4 is 10.5 Å². The number of aryl methyl sites for hydroxylation is 2. The van der Waals surface area contributed by atoms with E-state index in [9.17, 15) is 0 Å². The number of hydrogen-bond donors (Lipinski definition) is 1. The fourth-order valence-corrected chi connectivity index (χ4v) is 2.20. The lowest BCUT2D eigenvalue weighted by molar-refractivity contribution is 0.301. The molecular formula is C16H23N3O. The molecule has 2 rings (SSSR count). The van der Waals surface area contributed by atoms with Gasteiger partial charge in [-0.25, -0.2) is 0 Å². The van der Waals surface area contributed by atoms with Crippen molar-refractivity contribution >= 4 is 0 Å². The molecule has 0 aliphatic rings. The Balaban J connectivity index is 2.04. The Morgan fingerprint density at radius 3 is 2.40 bits per heavy atom. The highest BCUT2D eigenvalue weighted by molar-refractivity contribution is 5.32. The van der Waals surface area contributed by atoms with Gasteiger partial charge in [-0.2, -0.15) is 5.10 Å². The van der Waals surface area contributed by atoms with Crippen LogP contribution in [-0.2, 0) is 13.7 Å². The summed E-state index contributed by atoms with van der Waals surface area (Å²) in [6, 6.07) is 8.45. The van der Waals surface area contributed by atoms with E-state index in [1.54, 1.807) is 0 Å². The van der Waals surface area contributed by atoms with Gasteiger partial charge in [0.2, 0.25) is 0 Å². The molecule has 0 radical (unpaired) electrons. The summed E-state index contributed by atoms with van der Waals surface area (Å²) in [5.74, 6) is 1.28. The molecule has 0 aliphatic carbocycles. The molecule has 1 aromatic carbocycles. The van der Waals surface area contributed by atoms with Crippen LogP contribution in [0.2, 0.25) is 0 Å². The molecule has 0 bridgehead atoms. The lowest BCUT2D eigenvalue weighted by Crippen LogP contribution is -2.08. The predicted octanol–water partition coefficient (Wildman–Crippen LogP) is 2.68. The zero-order valence-corrected chi connectivity index (χ0v) is 12.7. The third-order valence-electron chi connectivity index (χ3n) is 3.73. The summed E-state index contributed by atoms with van der Waals surface area (Å²) in [5, 5.41) is 4.35. The molecule has 2 N–H and O–H groups in total. The van der Waals surface area contributed by atoms with Crippen LogP contribution in [0, 0.1) is 13.8 Å². The Kier molecular flexibility index (Phi) is 4.45. The summed E-state index contributed by atoms with van der Waals surface area (Å²) >= 11 is 0. The second-order valence-electron chi connectivity index (χ2n) is 5.29. The molecular weight excluding hydrogens is 250 g/mol. The standard InChI is InChI=1S/C16H23N3O/c1-11(9-17)15-7-5-14(6-8-15)10-20-16-12(2)18-19(4)13(16)3/h5-8,11H,9-10,17H2,1-4H3. The van der Waals surface area contributed by atoms with Crippen molar-refractivity contribution in [3.05, 3.63) is 46.8 Å². The highest BCUT2D eigenvalue weighted by atomic mass is 16.5. The SMILES string of the molecule is Cc1nn(C)c(C)c1OCc1ccc(C(C)CN)cc1. The Hall–Kier alpha value is -1.81. The zero-order valence-electron chi connectivity index (χ0n) is 12.7. The van der Waals surface area contributed by atoms with E-state index in [1.165, 1.54) is 5.56 Å². The minimum atomic E-state index is 0.396. The van der Waals surface area contributed by atoms with Gasteiger partial charge in [0.05, 0.1) is 5.69 Å². The molecule has 4 heteroatoms. The van der Waals surface area contributed by atoms with Crippen LogP contribution >= 0.6 is 0 Å². The van der Waals surface area contributed by atoms with Gasteiger partial charge in [0.25, 0.3) is 0 Å². The lowest BCUT2D eigenvalue weighted by atomic mass is 10.0. The van der Waals surface area contributed by atoms with E-state index in [0.717, 1.165) is 22.7 Å². The summed E-state index contributed by atoms with van der Waals surface area (Å²) in [5.41, 5.74) is 10.1. The van der Waals surface area contributed by atoms with Gasteiger partial charge in [-0.15, -0.1) is 0 Å². The molecule has 0 saturated carbocycles. The van der Waals surface area contributed by atoms with Crippen LogP contribution in [0.3, 0.4) is 0 Å². The molecule has 0 amide bonds. The summed E-state index contributed by atoms with van der Waals surface area (Å²) in [6.07, 6.45) is 0. The first-order chi connectivity index (χ1) is 9.52. The molecule has 0 saturated heterocycles. The smallest absolute Gasteiger partial charge is 0.163 e. The Labute approximate surface area is 120 Å². The normalized spacial score (nSPS) is 12.4. The third-order valence-corrected chi connectivity index (χ3v) is 3.73. The van der Waals surface area contributed by atoms with Crippen LogP contribution in [0.4, 0.5) is 0 Å². The molecule has 1 unspecified atom stereocenters. The topological polar surface area (TPSA) is 53.1 Å². The molecule has 108 valence electrons. The van der Waals surface area contributed by atoms with E-state index in [-0.39, 0.29) is 0 Å². The van der Waals surface area contributed by atoms with Crippen LogP contribution in [0.15, 0.2) is 24.3 Å². The van der Waals surface area contributed by atoms with E-state index in [4.69, 9.17) is 10.5 Å². The van der Waals surface area contributed by atoms with E-state index in [2.05, 4.69) is 36.3 Å². The fourth-order valence-electron chi connectivity index (χ4n) is 2.20. The fraction of sp³-hybridized carbons (Fsp3) is 0.438. The maximum atomic E-state index is 5.89. The average molecular weight is 273 g/mol. The molecule has 1 heterocycles. The van der Waals surface area contributed by atoms with Gasteiger partial charge in [0.1, 0.15) is 12.3 Å². The summed E-state index contributed by atoms with van der Waals surface area (Å²) < 4.78 is 7.74. The maximum Gasteiger partial charge on any atom is 0.163 e. The van der Waals surface area contributed by atoms with Crippen molar-refractivity contribution in [3.63, 3.8) is 0 Å². The quantitative estimate of drug-likeness (QED) is 0.911. The van der Waals surface area contributed by atoms with Gasteiger partial charge in [-0.3, -0.25) is 4.68 Å². The number of rotatable bonds is 5. The van der Waals surface area contributed by atoms with Crippen LogP contribution in [0.25, 0.3) is 0 Å². The van der Waals surface area contributed by atoms with E-state index < -0.39 is 0 Å². The van der Waals surface area contributed by atoms with E-state index >= 15 is 0 Å². The van der Waals surface area contributed by atoms with Crippen molar-refractivity contribution in [2.24, 2.45) is 12.8 Å². The van der Waals surface area contributed by atoms with Crippen molar-refractivity contribution < 1.29 is 4.74 Å². The number of nitrogens with zero attached hydrogens (tertiary/aromatic N) is 2. The van der Waals surface area contributed by atoms with E-state index in [0.29, 0.717) is 19.1 Å². The maximum absolute atomic E-state index is 5.89. The van der Waals surface area contributed by atoms with Crippen LogP contribution in [-0.4, -0.2) is 16.3 Å². The molecule has 1 aromatic heterocycles. The number of aromatic nitrogens is 2. The minimum Gasteiger partial charge on any atom is -0.485 e. The van der Waals surface area contributed by atoms with E-state index in [1.807, 2.05) is 25.6 Å². The second-order valence-corrected chi connectivity index (χ2v) is 5.29. The summed E-state index contributed by atoms with van der Waals surface area (Å²) in [4.78, 5) is 0. The van der Waals surface area contributed by atoms with Crippen LogP contribution in [0.1, 0.15) is 35.4 Å². The molecule has 1 atom stereocenters. The molecule has 4 nitrogen and oxygen atoms in total. The van der Waals surface area contributed by atoms with Crippen LogP contribution in [0.5, 0.6) is 5.75 Å². The Bertz CT molecular complexity index is 572. The number of benzene rings is 1. The van der Waals surface area contributed by atoms with Crippen molar-refractivity contribution in [1.29, 1.82) is 0 Å². The molecule has 0 spiro atoms. The zero-order chi connectivity index (χ0) is 14.7. The average Bonchev–Trinajstić information content (AvgIpc) is 2.70. The first-order valence-electron chi connectivity index (χ1n) is 6.94. The molecule has 0 fully saturated rings. The largest absolute Gasteiger partial charge is 0.485 e. The molecule has 0 aliphatic heterocycles.